The minimum Gasteiger partial charge on any atom is -0.444 e. The predicted octanol–water partition coefficient (Wildman–Crippen LogP) is 3.56. The highest BCUT2D eigenvalue weighted by Gasteiger charge is 2.35. The Morgan fingerprint density at radius 3 is 2.48 bits per heavy atom. The molecule has 21 heavy (non-hydrogen) atoms. The smallest absolute Gasteiger partial charge is 0.407 e. The largest absolute Gasteiger partial charge is 0.444 e. The molecule has 1 aliphatic carbocycles. The van der Waals surface area contributed by atoms with Gasteiger partial charge in [-0.15, -0.1) is 0 Å². The van der Waals surface area contributed by atoms with E-state index in [-0.39, 0.29) is 6.09 Å². The Hall–Kier alpha value is -0.770. The van der Waals surface area contributed by atoms with E-state index in [4.69, 9.17) is 4.74 Å². The van der Waals surface area contributed by atoms with E-state index in [0.717, 1.165) is 12.5 Å². The molecule has 0 aromatic carbocycles. The lowest BCUT2D eigenvalue weighted by Crippen LogP contribution is -2.40. The standard InChI is InChI=1S/C17H34N2O2/c1-7-8-13-9-15(13)18-10-14(12(2)3)11-19-16(20)21-17(4,5)6/h12-15,18H,7-11H2,1-6H3,(H,19,20). The number of carbonyl (C=O) groups excluding carboxylic acids is 1. The molecular weight excluding hydrogens is 264 g/mol. The molecule has 1 fully saturated rings. The van der Waals surface area contributed by atoms with Crippen molar-refractivity contribution in [1.82, 2.24) is 10.6 Å². The van der Waals surface area contributed by atoms with Crippen molar-refractivity contribution in [2.75, 3.05) is 13.1 Å². The van der Waals surface area contributed by atoms with Gasteiger partial charge in [-0.05, 0) is 51.4 Å². The third-order valence-corrected chi connectivity index (χ3v) is 4.07. The average molecular weight is 298 g/mol. The van der Waals surface area contributed by atoms with Gasteiger partial charge < -0.3 is 15.4 Å². The Morgan fingerprint density at radius 2 is 1.95 bits per heavy atom. The zero-order valence-electron chi connectivity index (χ0n) is 14.7. The van der Waals surface area contributed by atoms with Crippen molar-refractivity contribution < 1.29 is 9.53 Å². The number of alkyl carbamates (subject to hydrolysis) is 1. The molecule has 1 aliphatic rings. The first kappa shape index (κ1) is 18.3. The Morgan fingerprint density at radius 1 is 1.29 bits per heavy atom. The number of amides is 1. The fraction of sp³-hybridized carbons (Fsp3) is 0.941. The zero-order valence-corrected chi connectivity index (χ0v) is 14.7. The van der Waals surface area contributed by atoms with Crippen LogP contribution in [-0.4, -0.2) is 30.8 Å². The molecule has 1 saturated carbocycles. The Bertz CT molecular complexity index is 323. The molecule has 0 aliphatic heterocycles. The van der Waals surface area contributed by atoms with Gasteiger partial charge in [0.2, 0.25) is 0 Å². The Balaban J connectivity index is 2.26. The van der Waals surface area contributed by atoms with Gasteiger partial charge in [0.1, 0.15) is 5.60 Å². The maximum atomic E-state index is 11.7. The van der Waals surface area contributed by atoms with Crippen molar-refractivity contribution in [2.45, 2.75) is 72.4 Å². The molecule has 4 heteroatoms. The molecule has 3 unspecified atom stereocenters. The van der Waals surface area contributed by atoms with Gasteiger partial charge in [0.05, 0.1) is 0 Å². The number of ether oxygens (including phenoxy) is 1. The summed E-state index contributed by atoms with van der Waals surface area (Å²) < 4.78 is 5.28. The lowest BCUT2D eigenvalue weighted by molar-refractivity contribution is 0.0515. The zero-order chi connectivity index (χ0) is 16.0. The summed E-state index contributed by atoms with van der Waals surface area (Å²) in [6, 6.07) is 0.702. The van der Waals surface area contributed by atoms with Crippen LogP contribution in [0.1, 0.15) is 60.8 Å². The summed E-state index contributed by atoms with van der Waals surface area (Å²) in [6.07, 6.45) is 3.61. The minimum atomic E-state index is -0.433. The van der Waals surface area contributed by atoms with Gasteiger partial charge in [0, 0.05) is 19.1 Å². The van der Waals surface area contributed by atoms with E-state index in [1.165, 1.54) is 19.3 Å². The van der Waals surface area contributed by atoms with E-state index in [1.807, 2.05) is 20.8 Å². The molecule has 1 rings (SSSR count). The highest BCUT2D eigenvalue weighted by atomic mass is 16.6. The van der Waals surface area contributed by atoms with Gasteiger partial charge in [-0.25, -0.2) is 4.79 Å². The average Bonchev–Trinajstić information content (AvgIpc) is 3.05. The highest BCUT2D eigenvalue weighted by molar-refractivity contribution is 5.67. The van der Waals surface area contributed by atoms with E-state index in [2.05, 4.69) is 31.4 Å². The third kappa shape index (κ3) is 7.70. The van der Waals surface area contributed by atoms with Gasteiger partial charge in [0.25, 0.3) is 0 Å². The number of rotatable bonds is 8. The van der Waals surface area contributed by atoms with Gasteiger partial charge in [-0.3, -0.25) is 0 Å². The highest BCUT2D eigenvalue weighted by Crippen LogP contribution is 2.34. The van der Waals surface area contributed by atoms with Crippen molar-refractivity contribution in [2.24, 2.45) is 17.8 Å². The maximum absolute atomic E-state index is 11.7. The summed E-state index contributed by atoms with van der Waals surface area (Å²) in [4.78, 5) is 11.7. The van der Waals surface area contributed by atoms with Crippen molar-refractivity contribution >= 4 is 6.09 Å². The first-order valence-electron chi connectivity index (χ1n) is 8.43. The first-order valence-corrected chi connectivity index (χ1v) is 8.43. The second-order valence-corrected chi connectivity index (χ2v) is 7.69. The van der Waals surface area contributed by atoms with Gasteiger partial charge in [0.15, 0.2) is 0 Å². The van der Waals surface area contributed by atoms with Crippen LogP contribution < -0.4 is 10.6 Å². The molecule has 0 radical (unpaired) electrons. The third-order valence-electron chi connectivity index (χ3n) is 4.07. The molecule has 2 N–H and O–H groups in total. The van der Waals surface area contributed by atoms with Gasteiger partial charge in [-0.1, -0.05) is 27.2 Å². The molecule has 0 aromatic rings. The van der Waals surface area contributed by atoms with E-state index in [1.54, 1.807) is 0 Å². The van der Waals surface area contributed by atoms with E-state index >= 15 is 0 Å². The quantitative estimate of drug-likeness (QED) is 0.720. The molecule has 0 heterocycles. The fourth-order valence-corrected chi connectivity index (χ4v) is 2.56. The second-order valence-electron chi connectivity index (χ2n) is 7.69. The summed E-state index contributed by atoms with van der Waals surface area (Å²) >= 11 is 0. The molecule has 0 bridgehead atoms. The molecule has 124 valence electrons. The molecule has 4 nitrogen and oxygen atoms in total. The summed E-state index contributed by atoms with van der Waals surface area (Å²) in [5.74, 6) is 1.86. The van der Waals surface area contributed by atoms with E-state index in [9.17, 15) is 4.79 Å². The molecule has 0 aromatic heterocycles. The first-order chi connectivity index (χ1) is 9.73. The van der Waals surface area contributed by atoms with Crippen LogP contribution >= 0.6 is 0 Å². The fourth-order valence-electron chi connectivity index (χ4n) is 2.56. The molecule has 1 amide bonds. The minimum absolute atomic E-state index is 0.316. The molecule has 0 spiro atoms. The predicted molar refractivity (Wildman–Crippen MR) is 87.4 cm³/mol. The van der Waals surface area contributed by atoms with E-state index < -0.39 is 5.60 Å². The van der Waals surface area contributed by atoms with Crippen molar-refractivity contribution in [1.29, 1.82) is 0 Å². The number of hydrogen-bond donors (Lipinski definition) is 2. The van der Waals surface area contributed by atoms with Crippen molar-refractivity contribution in [3.63, 3.8) is 0 Å². The van der Waals surface area contributed by atoms with Crippen molar-refractivity contribution in [3.05, 3.63) is 0 Å². The number of nitrogens with one attached hydrogen (secondary N) is 2. The number of carbonyl (C=O) groups is 1. The normalized spacial score (nSPS) is 23.0. The monoisotopic (exact) mass is 298 g/mol. The lowest BCUT2D eigenvalue weighted by Gasteiger charge is -2.24. The SMILES string of the molecule is CCCC1CC1NCC(CNC(=O)OC(C)(C)C)C(C)C. The van der Waals surface area contributed by atoms with Crippen LogP contribution in [0.25, 0.3) is 0 Å². The van der Waals surface area contributed by atoms with Crippen LogP contribution in [0.2, 0.25) is 0 Å². The van der Waals surface area contributed by atoms with Crippen LogP contribution in [0.15, 0.2) is 0 Å². The summed E-state index contributed by atoms with van der Waals surface area (Å²) in [7, 11) is 0. The molecule has 3 atom stereocenters. The molecule has 0 saturated heterocycles. The molecular formula is C17H34N2O2. The second kappa shape index (κ2) is 8.02. The Kier molecular flexibility index (Phi) is 6.98. The summed E-state index contributed by atoms with van der Waals surface area (Å²) in [6.45, 7) is 14.0. The van der Waals surface area contributed by atoms with Crippen LogP contribution in [0.5, 0.6) is 0 Å². The maximum Gasteiger partial charge on any atom is 0.407 e. The Labute approximate surface area is 130 Å². The van der Waals surface area contributed by atoms with Gasteiger partial charge >= 0.3 is 6.09 Å². The van der Waals surface area contributed by atoms with Crippen LogP contribution in [-0.2, 0) is 4.74 Å². The van der Waals surface area contributed by atoms with Crippen LogP contribution in [0.3, 0.4) is 0 Å². The summed E-state index contributed by atoms with van der Waals surface area (Å²) in [5, 5.41) is 6.55. The number of hydrogen-bond acceptors (Lipinski definition) is 3. The lowest BCUT2D eigenvalue weighted by atomic mass is 9.95. The van der Waals surface area contributed by atoms with Crippen LogP contribution in [0, 0.1) is 17.8 Å². The topological polar surface area (TPSA) is 50.4 Å². The van der Waals surface area contributed by atoms with E-state index in [0.29, 0.717) is 24.4 Å². The van der Waals surface area contributed by atoms with Crippen molar-refractivity contribution in [3.8, 4) is 0 Å². The van der Waals surface area contributed by atoms with Crippen LogP contribution in [0.4, 0.5) is 4.79 Å². The summed E-state index contributed by atoms with van der Waals surface area (Å²) in [5.41, 5.74) is -0.433. The van der Waals surface area contributed by atoms with Gasteiger partial charge in [-0.2, -0.15) is 0 Å².